The highest BCUT2D eigenvalue weighted by Crippen LogP contribution is 2.11. The van der Waals surface area contributed by atoms with Crippen molar-refractivity contribution in [3.8, 4) is 0 Å². The first-order valence-electron chi connectivity index (χ1n) is 4.84. The quantitative estimate of drug-likeness (QED) is 0.827. The second-order valence-electron chi connectivity index (χ2n) is 3.25. The number of amides is 1. The monoisotopic (exact) mass is 333 g/mol. The first kappa shape index (κ1) is 13.0. The first-order valence-corrected chi connectivity index (χ1v) is 5.92. The van der Waals surface area contributed by atoms with Gasteiger partial charge >= 0.3 is 5.97 Å². The van der Waals surface area contributed by atoms with Crippen LogP contribution in [0.15, 0.2) is 24.3 Å². The van der Waals surface area contributed by atoms with Gasteiger partial charge in [-0.05, 0) is 41.1 Å². The normalized spacial score (nSPS) is 11.9. The van der Waals surface area contributed by atoms with Crippen LogP contribution >= 0.6 is 22.6 Å². The molecule has 0 aliphatic rings. The number of hydrogen-bond donors (Lipinski definition) is 2. The highest BCUT2D eigenvalue weighted by atomic mass is 127. The standard InChI is InChI=1S/C11H12INO3/c1-2-9(11(15)16)13-10(14)7-5-3-4-6-8(7)12/h3-6,9H,2H2,1H3,(H,13,14)(H,15,16)/t9-/m0/s1. The van der Waals surface area contributed by atoms with Gasteiger partial charge in [0.05, 0.1) is 5.56 Å². The van der Waals surface area contributed by atoms with E-state index in [0.717, 1.165) is 3.57 Å². The Kier molecular flexibility index (Phi) is 4.72. The number of hydrogen-bond acceptors (Lipinski definition) is 2. The number of benzene rings is 1. The fourth-order valence-corrected chi connectivity index (χ4v) is 1.85. The van der Waals surface area contributed by atoms with Crippen LogP contribution in [0.25, 0.3) is 0 Å². The van der Waals surface area contributed by atoms with Gasteiger partial charge in [0.15, 0.2) is 0 Å². The van der Waals surface area contributed by atoms with E-state index >= 15 is 0 Å². The third-order valence-electron chi connectivity index (χ3n) is 2.13. The van der Waals surface area contributed by atoms with Crippen LogP contribution < -0.4 is 5.32 Å². The van der Waals surface area contributed by atoms with Crippen molar-refractivity contribution in [3.05, 3.63) is 33.4 Å². The lowest BCUT2D eigenvalue weighted by Gasteiger charge is -2.12. The lowest BCUT2D eigenvalue weighted by atomic mass is 10.1. The average Bonchev–Trinajstić information content (AvgIpc) is 2.25. The summed E-state index contributed by atoms with van der Waals surface area (Å²) in [5.74, 6) is -1.36. The van der Waals surface area contributed by atoms with Crippen LogP contribution in [-0.4, -0.2) is 23.0 Å². The average molecular weight is 333 g/mol. The van der Waals surface area contributed by atoms with Gasteiger partial charge in [-0.25, -0.2) is 4.79 Å². The summed E-state index contributed by atoms with van der Waals surface area (Å²) in [6, 6.07) is 6.22. The summed E-state index contributed by atoms with van der Waals surface area (Å²) in [6.07, 6.45) is 0.366. The molecule has 0 aliphatic carbocycles. The maximum absolute atomic E-state index is 11.8. The molecule has 5 heteroatoms. The summed E-state index contributed by atoms with van der Waals surface area (Å²) >= 11 is 2.04. The molecule has 0 heterocycles. The molecule has 0 bridgehead atoms. The van der Waals surface area contributed by atoms with Crippen molar-refractivity contribution in [1.82, 2.24) is 5.32 Å². The van der Waals surface area contributed by atoms with Gasteiger partial charge in [0.1, 0.15) is 6.04 Å². The van der Waals surface area contributed by atoms with E-state index in [9.17, 15) is 9.59 Å². The van der Waals surface area contributed by atoms with Gasteiger partial charge in [0, 0.05) is 3.57 Å². The van der Waals surface area contributed by atoms with Crippen LogP contribution in [0.5, 0.6) is 0 Å². The number of carboxylic acids is 1. The fraction of sp³-hybridized carbons (Fsp3) is 0.273. The minimum Gasteiger partial charge on any atom is -0.480 e. The summed E-state index contributed by atoms with van der Waals surface area (Å²) in [4.78, 5) is 22.5. The van der Waals surface area contributed by atoms with Crippen molar-refractivity contribution in [2.45, 2.75) is 19.4 Å². The van der Waals surface area contributed by atoms with Crippen LogP contribution in [0.3, 0.4) is 0 Å². The van der Waals surface area contributed by atoms with Crippen LogP contribution in [-0.2, 0) is 4.79 Å². The Morgan fingerprint density at radius 2 is 2.06 bits per heavy atom. The van der Waals surface area contributed by atoms with Crippen LogP contribution in [0, 0.1) is 3.57 Å². The molecule has 1 aromatic carbocycles. The lowest BCUT2D eigenvalue weighted by molar-refractivity contribution is -0.139. The van der Waals surface area contributed by atoms with E-state index < -0.39 is 12.0 Å². The van der Waals surface area contributed by atoms with Gasteiger partial charge in [0.25, 0.3) is 5.91 Å². The van der Waals surface area contributed by atoms with E-state index in [0.29, 0.717) is 12.0 Å². The Balaban J connectivity index is 2.80. The summed E-state index contributed by atoms with van der Waals surface area (Å²) in [5.41, 5.74) is 0.503. The molecule has 0 fully saturated rings. The Bertz CT molecular complexity index is 406. The molecule has 1 amide bonds. The van der Waals surface area contributed by atoms with Gasteiger partial charge in [-0.3, -0.25) is 4.79 Å². The largest absolute Gasteiger partial charge is 0.480 e. The summed E-state index contributed by atoms with van der Waals surface area (Å²) in [6.45, 7) is 1.72. The molecule has 2 N–H and O–H groups in total. The van der Waals surface area contributed by atoms with E-state index in [1.54, 1.807) is 25.1 Å². The van der Waals surface area contributed by atoms with E-state index in [1.807, 2.05) is 28.7 Å². The summed E-state index contributed by atoms with van der Waals surface area (Å²) in [5, 5.41) is 11.3. The highest BCUT2D eigenvalue weighted by Gasteiger charge is 2.19. The second kappa shape index (κ2) is 5.83. The minimum atomic E-state index is -1.01. The van der Waals surface area contributed by atoms with Crippen LogP contribution in [0.1, 0.15) is 23.7 Å². The highest BCUT2D eigenvalue weighted by molar-refractivity contribution is 14.1. The number of carbonyl (C=O) groups excluding carboxylic acids is 1. The zero-order valence-electron chi connectivity index (χ0n) is 8.74. The number of halogens is 1. The molecule has 0 unspecified atom stereocenters. The number of aliphatic carboxylic acids is 1. The van der Waals surface area contributed by atoms with Crippen LogP contribution in [0.2, 0.25) is 0 Å². The van der Waals surface area contributed by atoms with Gasteiger partial charge in [-0.2, -0.15) is 0 Å². The Morgan fingerprint density at radius 3 is 2.56 bits per heavy atom. The molecule has 0 aliphatic heterocycles. The van der Waals surface area contributed by atoms with E-state index in [-0.39, 0.29) is 5.91 Å². The van der Waals surface area contributed by atoms with Crippen LogP contribution in [0.4, 0.5) is 0 Å². The topological polar surface area (TPSA) is 66.4 Å². The van der Waals surface area contributed by atoms with E-state index in [1.165, 1.54) is 0 Å². The Hall–Kier alpha value is -1.11. The van der Waals surface area contributed by atoms with Gasteiger partial charge in [-0.1, -0.05) is 19.1 Å². The smallest absolute Gasteiger partial charge is 0.326 e. The molecular formula is C11H12INO3. The van der Waals surface area contributed by atoms with Gasteiger partial charge in [-0.15, -0.1) is 0 Å². The maximum Gasteiger partial charge on any atom is 0.326 e. The van der Waals surface area contributed by atoms with Gasteiger partial charge in [0.2, 0.25) is 0 Å². The SMILES string of the molecule is CC[C@H](NC(=O)c1ccccc1I)C(=O)O. The molecule has 0 saturated heterocycles. The molecule has 0 aromatic heterocycles. The van der Waals surface area contributed by atoms with Crippen molar-refractivity contribution in [2.24, 2.45) is 0 Å². The lowest BCUT2D eigenvalue weighted by Crippen LogP contribution is -2.40. The molecule has 16 heavy (non-hydrogen) atoms. The molecule has 1 atom stereocenters. The number of carbonyl (C=O) groups is 2. The number of carboxylic acid groups (broad SMARTS) is 1. The van der Waals surface area contributed by atoms with E-state index in [4.69, 9.17) is 5.11 Å². The molecule has 0 radical (unpaired) electrons. The molecule has 0 spiro atoms. The molecule has 1 rings (SSSR count). The molecule has 0 saturated carbocycles. The number of rotatable bonds is 4. The van der Waals surface area contributed by atoms with E-state index in [2.05, 4.69) is 5.32 Å². The molecule has 86 valence electrons. The molecule has 4 nitrogen and oxygen atoms in total. The third-order valence-corrected chi connectivity index (χ3v) is 3.07. The first-order chi connectivity index (χ1) is 7.56. The third kappa shape index (κ3) is 3.19. The summed E-state index contributed by atoms with van der Waals surface area (Å²) < 4.78 is 0.804. The zero-order valence-corrected chi connectivity index (χ0v) is 10.9. The predicted molar refractivity (Wildman–Crippen MR) is 68.3 cm³/mol. The maximum atomic E-state index is 11.8. The Morgan fingerprint density at radius 1 is 1.44 bits per heavy atom. The minimum absolute atomic E-state index is 0.348. The summed E-state index contributed by atoms with van der Waals surface area (Å²) in [7, 11) is 0. The molecule has 1 aromatic rings. The van der Waals surface area contributed by atoms with Crippen molar-refractivity contribution >= 4 is 34.5 Å². The predicted octanol–water partition coefficient (Wildman–Crippen LogP) is 1.88. The molecular weight excluding hydrogens is 321 g/mol. The van der Waals surface area contributed by atoms with Crippen molar-refractivity contribution in [2.75, 3.05) is 0 Å². The number of nitrogens with one attached hydrogen (secondary N) is 1. The second-order valence-corrected chi connectivity index (χ2v) is 4.41. The van der Waals surface area contributed by atoms with Crippen molar-refractivity contribution in [1.29, 1.82) is 0 Å². The zero-order chi connectivity index (χ0) is 12.1. The van der Waals surface area contributed by atoms with Crippen molar-refractivity contribution < 1.29 is 14.7 Å². The van der Waals surface area contributed by atoms with Crippen molar-refractivity contribution in [3.63, 3.8) is 0 Å². The fourth-order valence-electron chi connectivity index (χ4n) is 1.22. The van der Waals surface area contributed by atoms with Gasteiger partial charge < -0.3 is 10.4 Å². The Labute approximate surface area is 107 Å².